The lowest BCUT2D eigenvalue weighted by Gasteiger charge is -2.14. The standard InChI is InChI=1S/C12H8Br2F3NO2/c13-7-1-3-9(10(5-7)20-12(15,16)17)18-6-8-2-4-11(14)19-8/h1-5,18H,6H2. The molecule has 0 aliphatic carbocycles. The summed E-state index contributed by atoms with van der Waals surface area (Å²) in [5.41, 5.74) is 0.220. The Morgan fingerprint density at radius 1 is 1.15 bits per heavy atom. The first-order valence-corrected chi connectivity index (χ1v) is 6.95. The van der Waals surface area contributed by atoms with E-state index in [1.807, 2.05) is 0 Å². The van der Waals surface area contributed by atoms with Gasteiger partial charge in [-0.3, -0.25) is 0 Å². The van der Waals surface area contributed by atoms with Crippen LogP contribution in [0.25, 0.3) is 0 Å². The molecule has 0 bridgehead atoms. The van der Waals surface area contributed by atoms with E-state index in [-0.39, 0.29) is 18.0 Å². The monoisotopic (exact) mass is 413 g/mol. The van der Waals surface area contributed by atoms with E-state index >= 15 is 0 Å². The van der Waals surface area contributed by atoms with Gasteiger partial charge in [0, 0.05) is 4.47 Å². The Morgan fingerprint density at radius 2 is 1.90 bits per heavy atom. The lowest BCUT2D eigenvalue weighted by atomic mass is 10.3. The van der Waals surface area contributed by atoms with Crippen molar-refractivity contribution < 1.29 is 22.3 Å². The largest absolute Gasteiger partial charge is 0.573 e. The Morgan fingerprint density at radius 3 is 2.50 bits per heavy atom. The summed E-state index contributed by atoms with van der Waals surface area (Å²) < 4.78 is 47.3. The molecule has 1 heterocycles. The molecule has 1 N–H and O–H groups in total. The van der Waals surface area contributed by atoms with Crippen molar-refractivity contribution in [3.05, 3.63) is 45.2 Å². The van der Waals surface area contributed by atoms with E-state index in [4.69, 9.17) is 4.42 Å². The molecule has 2 aromatic rings. The second-order valence-electron chi connectivity index (χ2n) is 3.75. The highest BCUT2D eigenvalue weighted by molar-refractivity contribution is 9.10. The second kappa shape index (κ2) is 6.09. The van der Waals surface area contributed by atoms with Crippen LogP contribution < -0.4 is 10.1 Å². The van der Waals surface area contributed by atoms with Crippen molar-refractivity contribution in [1.29, 1.82) is 0 Å². The van der Waals surface area contributed by atoms with Crippen LogP contribution in [0.15, 0.2) is 43.9 Å². The average molecular weight is 415 g/mol. The molecular weight excluding hydrogens is 407 g/mol. The third-order valence-electron chi connectivity index (χ3n) is 2.25. The van der Waals surface area contributed by atoms with Gasteiger partial charge in [0.1, 0.15) is 5.76 Å². The Bertz CT molecular complexity index is 599. The molecule has 20 heavy (non-hydrogen) atoms. The van der Waals surface area contributed by atoms with Gasteiger partial charge in [0.15, 0.2) is 10.4 Å². The van der Waals surface area contributed by atoms with Crippen LogP contribution in [0.4, 0.5) is 18.9 Å². The summed E-state index contributed by atoms with van der Waals surface area (Å²) in [6, 6.07) is 7.76. The predicted molar refractivity (Wildman–Crippen MR) is 74.6 cm³/mol. The van der Waals surface area contributed by atoms with Gasteiger partial charge in [0.25, 0.3) is 0 Å². The zero-order valence-corrected chi connectivity index (χ0v) is 13.0. The normalized spacial score (nSPS) is 11.4. The summed E-state index contributed by atoms with van der Waals surface area (Å²) in [4.78, 5) is 0. The molecule has 1 aromatic heterocycles. The minimum absolute atomic E-state index is 0.220. The molecule has 0 fully saturated rings. The fourth-order valence-corrected chi connectivity index (χ4v) is 2.16. The SMILES string of the molecule is FC(F)(F)Oc1cc(Br)ccc1NCc1ccc(Br)o1. The van der Waals surface area contributed by atoms with Crippen LogP contribution in [-0.4, -0.2) is 6.36 Å². The van der Waals surface area contributed by atoms with Crippen molar-refractivity contribution in [2.45, 2.75) is 12.9 Å². The molecule has 0 saturated heterocycles. The van der Waals surface area contributed by atoms with E-state index < -0.39 is 6.36 Å². The van der Waals surface area contributed by atoms with Gasteiger partial charge < -0.3 is 14.5 Å². The van der Waals surface area contributed by atoms with Crippen LogP contribution in [0.5, 0.6) is 5.75 Å². The van der Waals surface area contributed by atoms with Gasteiger partial charge in [-0.05, 0) is 46.3 Å². The van der Waals surface area contributed by atoms with Gasteiger partial charge in [-0.1, -0.05) is 15.9 Å². The van der Waals surface area contributed by atoms with Gasteiger partial charge >= 0.3 is 6.36 Å². The maximum absolute atomic E-state index is 12.3. The van der Waals surface area contributed by atoms with E-state index in [9.17, 15) is 13.2 Å². The molecule has 0 spiro atoms. The molecule has 8 heteroatoms. The van der Waals surface area contributed by atoms with Crippen LogP contribution in [0.2, 0.25) is 0 Å². The number of benzene rings is 1. The second-order valence-corrected chi connectivity index (χ2v) is 5.44. The van der Waals surface area contributed by atoms with Crippen molar-refractivity contribution >= 4 is 37.5 Å². The molecule has 0 amide bonds. The minimum Gasteiger partial charge on any atom is -0.452 e. The number of furan rings is 1. The zero-order valence-electron chi connectivity index (χ0n) is 9.80. The van der Waals surface area contributed by atoms with Crippen LogP contribution in [-0.2, 0) is 6.54 Å². The number of ether oxygens (including phenoxy) is 1. The van der Waals surface area contributed by atoms with Crippen LogP contribution >= 0.6 is 31.9 Å². The van der Waals surface area contributed by atoms with Crippen molar-refractivity contribution in [2.24, 2.45) is 0 Å². The Balaban J connectivity index is 2.14. The Hall–Kier alpha value is -1.15. The van der Waals surface area contributed by atoms with Crippen LogP contribution in [0, 0.1) is 0 Å². The summed E-state index contributed by atoms with van der Waals surface area (Å²) in [6.45, 7) is 0.238. The molecule has 0 unspecified atom stereocenters. The summed E-state index contributed by atoms with van der Waals surface area (Å²) in [5, 5.41) is 2.83. The molecule has 0 radical (unpaired) electrons. The number of alkyl halides is 3. The average Bonchev–Trinajstić information content (AvgIpc) is 2.72. The van der Waals surface area contributed by atoms with Crippen LogP contribution in [0.1, 0.15) is 5.76 Å². The van der Waals surface area contributed by atoms with Gasteiger partial charge in [0.2, 0.25) is 0 Å². The quantitative estimate of drug-likeness (QED) is 0.735. The molecule has 0 atom stereocenters. The van der Waals surface area contributed by atoms with Gasteiger partial charge in [-0.25, -0.2) is 0 Å². The van der Waals surface area contributed by atoms with Crippen LogP contribution in [0.3, 0.4) is 0 Å². The number of anilines is 1. The molecule has 1 aromatic carbocycles. The highest BCUT2D eigenvalue weighted by atomic mass is 79.9. The topological polar surface area (TPSA) is 34.4 Å². The first-order chi connectivity index (χ1) is 9.33. The fraction of sp³-hybridized carbons (Fsp3) is 0.167. The predicted octanol–water partition coefficient (Wildman–Crippen LogP) is 5.32. The van der Waals surface area contributed by atoms with Crippen molar-refractivity contribution in [2.75, 3.05) is 5.32 Å². The molecule has 3 nitrogen and oxygen atoms in total. The first-order valence-electron chi connectivity index (χ1n) is 5.37. The molecule has 2 rings (SSSR count). The number of hydrogen-bond acceptors (Lipinski definition) is 3. The minimum atomic E-state index is -4.75. The van der Waals surface area contributed by atoms with Gasteiger partial charge in [-0.2, -0.15) is 0 Å². The summed E-state index contributed by atoms with van der Waals surface area (Å²) in [7, 11) is 0. The highest BCUT2D eigenvalue weighted by Crippen LogP contribution is 2.33. The summed E-state index contributed by atoms with van der Waals surface area (Å²) in [5.74, 6) is 0.273. The molecule has 108 valence electrons. The first kappa shape index (κ1) is 15.2. The summed E-state index contributed by atoms with van der Waals surface area (Å²) in [6.07, 6.45) is -4.75. The molecule has 0 aliphatic rings. The van der Waals surface area contributed by atoms with Crippen molar-refractivity contribution in [3.8, 4) is 5.75 Å². The van der Waals surface area contributed by atoms with E-state index in [0.717, 1.165) is 0 Å². The Kier molecular flexibility index (Phi) is 4.64. The highest BCUT2D eigenvalue weighted by Gasteiger charge is 2.32. The third-order valence-corrected chi connectivity index (χ3v) is 3.17. The Labute approximate surface area is 129 Å². The zero-order chi connectivity index (χ0) is 14.8. The number of nitrogens with one attached hydrogen (secondary N) is 1. The lowest BCUT2D eigenvalue weighted by molar-refractivity contribution is -0.274. The van der Waals surface area contributed by atoms with Gasteiger partial charge in [-0.15, -0.1) is 13.2 Å². The fourth-order valence-electron chi connectivity index (χ4n) is 1.48. The van der Waals surface area contributed by atoms with Crippen molar-refractivity contribution in [1.82, 2.24) is 0 Å². The molecular formula is C12H8Br2F3NO2. The maximum atomic E-state index is 12.3. The smallest absolute Gasteiger partial charge is 0.452 e. The molecule has 0 saturated carbocycles. The third kappa shape index (κ3) is 4.45. The van der Waals surface area contributed by atoms with E-state index in [1.54, 1.807) is 18.2 Å². The number of rotatable bonds is 4. The summed E-state index contributed by atoms with van der Waals surface area (Å²) >= 11 is 6.25. The number of hydrogen-bond donors (Lipinski definition) is 1. The van der Waals surface area contributed by atoms with Crippen molar-refractivity contribution in [3.63, 3.8) is 0 Å². The van der Waals surface area contributed by atoms with E-state index in [0.29, 0.717) is 14.9 Å². The van der Waals surface area contributed by atoms with E-state index in [2.05, 4.69) is 41.9 Å². The van der Waals surface area contributed by atoms with Gasteiger partial charge in [0.05, 0.1) is 12.2 Å². The lowest BCUT2D eigenvalue weighted by Crippen LogP contribution is -2.18. The maximum Gasteiger partial charge on any atom is 0.573 e. The van der Waals surface area contributed by atoms with E-state index in [1.165, 1.54) is 12.1 Å². The number of halogens is 5. The molecule has 0 aliphatic heterocycles.